The quantitative estimate of drug-likeness (QED) is 0.435. The van der Waals surface area contributed by atoms with Gasteiger partial charge in [0, 0.05) is 41.7 Å². The Morgan fingerprint density at radius 2 is 1.86 bits per heavy atom. The van der Waals surface area contributed by atoms with Gasteiger partial charge in [0.1, 0.15) is 11.9 Å². The molecule has 0 spiro atoms. The minimum absolute atomic E-state index is 0.0804. The third-order valence-corrected chi connectivity index (χ3v) is 6.19. The number of amides is 3. The molecule has 3 heterocycles. The molecule has 1 atom stereocenters. The van der Waals surface area contributed by atoms with Gasteiger partial charge in [0.25, 0.3) is 11.5 Å². The smallest absolute Gasteiger partial charge is 0.321 e. The highest BCUT2D eigenvalue weighted by Gasteiger charge is 2.41. The van der Waals surface area contributed by atoms with Crippen LogP contribution in [0.3, 0.4) is 0 Å². The molecule has 0 fully saturated rings. The highest BCUT2D eigenvalue weighted by atomic mass is 35.5. The number of rotatable bonds is 4. The van der Waals surface area contributed by atoms with Gasteiger partial charge in [-0.1, -0.05) is 17.7 Å². The summed E-state index contributed by atoms with van der Waals surface area (Å²) in [4.78, 5) is 39.9. The Morgan fingerprint density at radius 3 is 2.58 bits per heavy atom. The van der Waals surface area contributed by atoms with Crippen molar-refractivity contribution >= 4 is 34.9 Å². The summed E-state index contributed by atoms with van der Waals surface area (Å²) in [7, 11) is 1.72. The lowest BCUT2D eigenvalue weighted by molar-refractivity contribution is -0.120. The molecular weight excluding hydrogens is 487 g/mol. The summed E-state index contributed by atoms with van der Waals surface area (Å²) >= 11 is 5.91. The number of urea groups is 1. The van der Waals surface area contributed by atoms with E-state index in [1.54, 1.807) is 48.1 Å². The number of nitrogens with zero attached hydrogens (tertiary/aromatic N) is 4. The highest BCUT2D eigenvalue weighted by Crippen LogP contribution is 2.35. The average Bonchev–Trinajstić information content (AvgIpc) is 3.42. The molecule has 36 heavy (non-hydrogen) atoms. The molecule has 2 N–H and O–H groups in total. The monoisotopic (exact) mass is 506 g/mol. The van der Waals surface area contributed by atoms with Crippen molar-refractivity contribution in [2.24, 2.45) is 7.05 Å². The molecule has 2 aromatic heterocycles. The summed E-state index contributed by atoms with van der Waals surface area (Å²) in [6.07, 6.45) is 3.05. The second kappa shape index (κ2) is 9.31. The molecule has 0 saturated carbocycles. The van der Waals surface area contributed by atoms with Gasteiger partial charge in [0.2, 0.25) is 0 Å². The molecule has 2 aromatic carbocycles. The first-order valence-electron chi connectivity index (χ1n) is 10.9. The van der Waals surface area contributed by atoms with Gasteiger partial charge in [-0.15, -0.1) is 0 Å². The molecule has 0 radical (unpaired) electrons. The van der Waals surface area contributed by atoms with Crippen molar-refractivity contribution in [2.75, 3.05) is 10.6 Å². The first-order valence-corrected chi connectivity index (χ1v) is 11.3. The highest BCUT2D eigenvalue weighted by molar-refractivity contribution is 6.30. The molecule has 182 valence electrons. The number of fused-ring (bicyclic) bond motifs is 1. The maximum atomic E-state index is 14.9. The normalized spacial score (nSPS) is 14.4. The molecule has 0 aliphatic carbocycles. The number of carbonyl (C=O) groups is 2. The summed E-state index contributed by atoms with van der Waals surface area (Å²) in [6, 6.07) is 13.7. The van der Waals surface area contributed by atoms with Gasteiger partial charge in [-0.3, -0.25) is 18.8 Å². The number of aryl methyl sites for hydroxylation is 1. The molecule has 0 saturated heterocycles. The van der Waals surface area contributed by atoms with Crippen molar-refractivity contribution in [1.29, 1.82) is 0 Å². The van der Waals surface area contributed by atoms with Crippen molar-refractivity contribution in [3.63, 3.8) is 0 Å². The zero-order valence-corrected chi connectivity index (χ0v) is 19.7. The lowest BCUT2D eigenvalue weighted by atomic mass is 10.1. The van der Waals surface area contributed by atoms with Crippen molar-refractivity contribution in [2.45, 2.75) is 12.6 Å². The van der Waals surface area contributed by atoms with Gasteiger partial charge >= 0.3 is 6.03 Å². The standard InChI is InChI=1S/C25H20ClFN6O3/c1-31-21-14-33(25(36)29-16-7-5-15(26)6-8-16)23(18(21)13-28-31)24(35)30-20-10-9-17(12-19(20)27)32-11-3-2-4-22(32)34/h2-13,23H,14H2,1H3,(H,29,36)(H,30,35)/t23-/m1/s1. The fraction of sp³-hybridized carbons (Fsp3) is 0.120. The van der Waals surface area contributed by atoms with Gasteiger partial charge in [-0.05, 0) is 42.5 Å². The summed E-state index contributed by atoms with van der Waals surface area (Å²) in [6.45, 7) is 0.141. The number of hydrogen-bond donors (Lipinski definition) is 2. The topological polar surface area (TPSA) is 101 Å². The van der Waals surface area contributed by atoms with E-state index in [1.807, 2.05) is 0 Å². The van der Waals surface area contributed by atoms with Crippen LogP contribution < -0.4 is 16.2 Å². The Hall–Kier alpha value is -4.44. The third kappa shape index (κ3) is 4.34. The Morgan fingerprint density at radius 1 is 1.08 bits per heavy atom. The fourth-order valence-corrected chi connectivity index (χ4v) is 4.25. The number of benzene rings is 2. The lowest BCUT2D eigenvalue weighted by Crippen LogP contribution is -2.39. The van der Waals surface area contributed by atoms with E-state index in [4.69, 9.17) is 11.6 Å². The molecule has 1 aliphatic rings. The van der Waals surface area contributed by atoms with Crippen LogP contribution in [0.15, 0.2) is 77.9 Å². The van der Waals surface area contributed by atoms with Gasteiger partial charge in [0.05, 0.1) is 29.8 Å². The van der Waals surface area contributed by atoms with Crippen LogP contribution in [0.25, 0.3) is 5.69 Å². The van der Waals surface area contributed by atoms with E-state index in [1.165, 1.54) is 40.1 Å². The molecule has 4 aromatic rings. The van der Waals surface area contributed by atoms with Gasteiger partial charge in [0.15, 0.2) is 0 Å². The Bertz CT molecular complexity index is 1530. The minimum Gasteiger partial charge on any atom is -0.321 e. The number of halogens is 2. The zero-order chi connectivity index (χ0) is 25.4. The van der Waals surface area contributed by atoms with Crippen LogP contribution in [0.4, 0.5) is 20.6 Å². The van der Waals surface area contributed by atoms with Gasteiger partial charge in [-0.2, -0.15) is 5.10 Å². The molecule has 9 nitrogen and oxygen atoms in total. The number of nitrogens with one attached hydrogen (secondary N) is 2. The molecule has 11 heteroatoms. The summed E-state index contributed by atoms with van der Waals surface area (Å²) < 4.78 is 17.8. The summed E-state index contributed by atoms with van der Waals surface area (Å²) in [5, 5.41) is 10.0. The molecule has 3 amide bonds. The largest absolute Gasteiger partial charge is 0.323 e. The first-order chi connectivity index (χ1) is 17.3. The fourth-order valence-electron chi connectivity index (χ4n) is 4.12. The predicted molar refractivity (Wildman–Crippen MR) is 133 cm³/mol. The number of anilines is 2. The summed E-state index contributed by atoms with van der Waals surface area (Å²) in [5.74, 6) is -1.32. The minimum atomic E-state index is -1.03. The van der Waals surface area contributed by atoms with Gasteiger partial charge < -0.3 is 15.5 Å². The van der Waals surface area contributed by atoms with E-state index >= 15 is 0 Å². The SMILES string of the molecule is Cn1ncc2c1CN(C(=O)Nc1ccc(Cl)cc1)[C@H]2C(=O)Nc1ccc(-n2ccccc2=O)cc1F. The number of pyridine rings is 1. The Labute approximate surface area is 209 Å². The van der Waals surface area contributed by atoms with Crippen LogP contribution in [0.5, 0.6) is 0 Å². The van der Waals surface area contributed by atoms with Gasteiger partial charge in [-0.25, -0.2) is 9.18 Å². The van der Waals surface area contributed by atoms with E-state index in [-0.39, 0.29) is 17.8 Å². The number of hydrogen-bond acceptors (Lipinski definition) is 4. The molecule has 0 unspecified atom stereocenters. The van der Waals surface area contributed by atoms with Crippen LogP contribution in [0, 0.1) is 5.82 Å². The van der Waals surface area contributed by atoms with Crippen molar-refractivity contribution in [1.82, 2.24) is 19.2 Å². The van der Waals surface area contributed by atoms with Crippen molar-refractivity contribution in [3.05, 3.63) is 106 Å². The van der Waals surface area contributed by atoms with Crippen molar-refractivity contribution in [3.8, 4) is 5.69 Å². The number of aromatic nitrogens is 3. The summed E-state index contributed by atoms with van der Waals surface area (Å²) in [5.41, 5.74) is 1.68. The first kappa shape index (κ1) is 23.3. The zero-order valence-electron chi connectivity index (χ0n) is 19.0. The number of carbonyl (C=O) groups excluding carboxylic acids is 2. The lowest BCUT2D eigenvalue weighted by Gasteiger charge is -2.25. The molecule has 5 rings (SSSR count). The van der Waals surface area contributed by atoms with Crippen LogP contribution in [-0.4, -0.2) is 31.2 Å². The van der Waals surface area contributed by atoms with E-state index in [9.17, 15) is 18.8 Å². The maximum Gasteiger partial charge on any atom is 0.323 e. The van der Waals surface area contributed by atoms with E-state index in [0.717, 1.165) is 6.07 Å². The molecular formula is C25H20ClFN6O3. The second-order valence-electron chi connectivity index (χ2n) is 8.20. The molecule has 0 bridgehead atoms. The van der Waals surface area contributed by atoms with E-state index < -0.39 is 23.8 Å². The average molecular weight is 507 g/mol. The third-order valence-electron chi connectivity index (χ3n) is 5.94. The van der Waals surface area contributed by atoms with Crippen LogP contribution >= 0.6 is 11.6 Å². The predicted octanol–water partition coefficient (Wildman–Crippen LogP) is 4.09. The maximum absolute atomic E-state index is 14.9. The molecule has 1 aliphatic heterocycles. The van der Waals surface area contributed by atoms with Crippen LogP contribution in [-0.2, 0) is 18.4 Å². The second-order valence-corrected chi connectivity index (χ2v) is 8.64. The van der Waals surface area contributed by atoms with Crippen LogP contribution in [0.1, 0.15) is 17.3 Å². The Kier molecular flexibility index (Phi) is 6.03. The van der Waals surface area contributed by atoms with E-state index in [2.05, 4.69) is 15.7 Å². The Balaban J connectivity index is 1.40. The van der Waals surface area contributed by atoms with E-state index in [0.29, 0.717) is 27.7 Å². The van der Waals surface area contributed by atoms with Crippen molar-refractivity contribution < 1.29 is 14.0 Å². The van der Waals surface area contributed by atoms with Crippen LogP contribution in [0.2, 0.25) is 5.02 Å².